The molecule has 2 rings (SSSR count). The van der Waals surface area contributed by atoms with Gasteiger partial charge in [0.05, 0.1) is 21.3 Å². The van der Waals surface area contributed by atoms with Crippen LogP contribution in [0.4, 0.5) is 18.9 Å². The topological polar surface area (TPSA) is 121 Å². The third kappa shape index (κ3) is 9.25. The van der Waals surface area contributed by atoms with Gasteiger partial charge in [-0.15, -0.1) is 13.2 Å². The molecule has 38 heavy (non-hydrogen) atoms. The van der Waals surface area contributed by atoms with E-state index in [1.165, 1.54) is 57.4 Å². The van der Waals surface area contributed by atoms with Gasteiger partial charge in [0.1, 0.15) is 11.8 Å². The van der Waals surface area contributed by atoms with Gasteiger partial charge in [0.25, 0.3) is 11.8 Å². The van der Waals surface area contributed by atoms with E-state index in [0.29, 0.717) is 11.5 Å². The van der Waals surface area contributed by atoms with Crippen molar-refractivity contribution in [2.75, 3.05) is 45.3 Å². The van der Waals surface area contributed by atoms with Crippen LogP contribution in [0.1, 0.15) is 16.8 Å². The monoisotopic (exact) mass is 560 g/mol. The Bertz CT molecular complexity index is 1090. The van der Waals surface area contributed by atoms with Crippen LogP contribution in [0.5, 0.6) is 23.0 Å². The van der Waals surface area contributed by atoms with E-state index >= 15 is 0 Å². The van der Waals surface area contributed by atoms with Gasteiger partial charge >= 0.3 is 12.3 Å². The third-order valence-electron chi connectivity index (χ3n) is 4.84. The summed E-state index contributed by atoms with van der Waals surface area (Å²) in [5.74, 6) is -1.36. The summed E-state index contributed by atoms with van der Waals surface area (Å²) in [5.41, 5.74) is 0.298. The number of alkyl halides is 3. The lowest BCUT2D eigenvalue weighted by Crippen LogP contribution is -2.43. The van der Waals surface area contributed by atoms with Crippen molar-refractivity contribution >= 4 is 35.2 Å². The number of benzene rings is 2. The average molecular weight is 561 g/mol. The summed E-state index contributed by atoms with van der Waals surface area (Å²) in [6.07, 6.45) is -2.80. The Labute approximate surface area is 221 Å². The Kier molecular flexibility index (Phi) is 11.4. The lowest BCUT2D eigenvalue weighted by molar-refractivity contribution is -0.274. The molecule has 2 N–H and O–H groups in total. The predicted molar refractivity (Wildman–Crippen MR) is 133 cm³/mol. The fourth-order valence-electron chi connectivity index (χ4n) is 3.11. The zero-order valence-corrected chi connectivity index (χ0v) is 21.8. The highest BCUT2D eigenvalue weighted by Gasteiger charge is 2.31. The highest BCUT2D eigenvalue weighted by Crippen LogP contribution is 2.38. The first-order chi connectivity index (χ1) is 18.0. The molecule has 2 aromatic rings. The van der Waals surface area contributed by atoms with E-state index < -0.39 is 42.5 Å². The van der Waals surface area contributed by atoms with Crippen LogP contribution in [0.15, 0.2) is 36.4 Å². The van der Waals surface area contributed by atoms with Crippen molar-refractivity contribution in [1.82, 2.24) is 5.32 Å². The Morgan fingerprint density at radius 3 is 2.08 bits per heavy atom. The SMILES string of the molecule is COc1cc(C(=O)NC(CCSC)C(=O)OCC(=O)Nc2ccc(OC(F)(F)F)cc2)cc(OC)c1OC. The third-order valence-corrected chi connectivity index (χ3v) is 5.49. The maximum atomic E-state index is 12.9. The standard InChI is InChI=1S/C24H27F3N2O8S/c1-33-18-11-14(12-19(34-2)21(18)35-3)22(31)29-17(9-10-38-4)23(32)36-13-20(30)28-15-5-7-16(8-6-15)37-24(25,26)27/h5-8,11-12,17H,9-10,13H2,1-4H3,(H,28,30)(H,29,31). The van der Waals surface area contributed by atoms with Gasteiger partial charge in [-0.25, -0.2) is 4.79 Å². The van der Waals surface area contributed by atoms with Gasteiger partial charge in [-0.3, -0.25) is 9.59 Å². The van der Waals surface area contributed by atoms with Crippen molar-refractivity contribution in [3.63, 3.8) is 0 Å². The van der Waals surface area contributed by atoms with Gasteiger partial charge in [-0.1, -0.05) is 0 Å². The lowest BCUT2D eigenvalue weighted by atomic mass is 10.1. The second-order valence-electron chi connectivity index (χ2n) is 7.45. The number of rotatable bonds is 13. The van der Waals surface area contributed by atoms with E-state index in [2.05, 4.69) is 15.4 Å². The molecule has 0 aromatic heterocycles. The van der Waals surface area contributed by atoms with E-state index in [-0.39, 0.29) is 29.2 Å². The fraction of sp³-hybridized carbons (Fsp3) is 0.375. The molecule has 0 aliphatic rings. The Balaban J connectivity index is 2.02. The fourth-order valence-corrected chi connectivity index (χ4v) is 3.58. The Hall–Kier alpha value is -3.81. The predicted octanol–water partition coefficient (Wildman–Crippen LogP) is 3.64. The van der Waals surface area contributed by atoms with Crippen molar-refractivity contribution < 1.29 is 51.2 Å². The molecule has 1 unspecified atom stereocenters. The first-order valence-electron chi connectivity index (χ1n) is 10.9. The van der Waals surface area contributed by atoms with Crippen LogP contribution in [0, 0.1) is 0 Å². The molecule has 14 heteroatoms. The Morgan fingerprint density at radius 1 is 0.974 bits per heavy atom. The maximum Gasteiger partial charge on any atom is 0.573 e. The van der Waals surface area contributed by atoms with E-state index in [0.717, 1.165) is 12.1 Å². The van der Waals surface area contributed by atoms with E-state index in [1.54, 1.807) is 0 Å². The molecule has 0 spiro atoms. The second kappa shape index (κ2) is 14.2. The highest BCUT2D eigenvalue weighted by molar-refractivity contribution is 7.98. The number of ether oxygens (including phenoxy) is 5. The zero-order chi connectivity index (χ0) is 28.3. The number of esters is 1. The molecule has 0 bridgehead atoms. The minimum absolute atomic E-state index is 0.136. The summed E-state index contributed by atoms with van der Waals surface area (Å²) in [4.78, 5) is 37.8. The number of halogens is 3. The molecule has 0 aliphatic heterocycles. The van der Waals surface area contributed by atoms with Crippen LogP contribution in [-0.2, 0) is 14.3 Å². The van der Waals surface area contributed by atoms with Crippen molar-refractivity contribution in [3.8, 4) is 23.0 Å². The zero-order valence-electron chi connectivity index (χ0n) is 21.0. The average Bonchev–Trinajstić information content (AvgIpc) is 2.88. The number of carbonyl (C=O) groups excluding carboxylic acids is 3. The molecule has 0 saturated carbocycles. The molecule has 208 valence electrons. The van der Waals surface area contributed by atoms with Gasteiger partial charge in [0.2, 0.25) is 5.75 Å². The summed E-state index contributed by atoms with van der Waals surface area (Å²) in [6.45, 7) is -0.685. The number of hydrogen-bond donors (Lipinski definition) is 2. The molecule has 2 amide bonds. The number of methoxy groups -OCH3 is 3. The molecule has 0 heterocycles. The molecule has 0 radical (unpaired) electrons. The molecule has 0 aliphatic carbocycles. The summed E-state index contributed by atoms with van der Waals surface area (Å²) in [5, 5.41) is 4.98. The van der Waals surface area contributed by atoms with Gasteiger partial charge in [-0.2, -0.15) is 11.8 Å². The summed E-state index contributed by atoms with van der Waals surface area (Å²) < 4.78 is 61.3. The Morgan fingerprint density at radius 2 is 1.58 bits per heavy atom. The smallest absolute Gasteiger partial charge is 0.493 e. The molecule has 1 atom stereocenters. The molecular formula is C24H27F3N2O8S. The van der Waals surface area contributed by atoms with Gasteiger partial charge in [0.15, 0.2) is 18.1 Å². The van der Waals surface area contributed by atoms with Gasteiger partial charge in [-0.05, 0) is 54.8 Å². The molecular weight excluding hydrogens is 533 g/mol. The van der Waals surface area contributed by atoms with E-state index in [9.17, 15) is 27.6 Å². The van der Waals surface area contributed by atoms with Crippen LogP contribution in [-0.4, -0.2) is 70.1 Å². The first-order valence-corrected chi connectivity index (χ1v) is 12.3. The summed E-state index contributed by atoms with van der Waals surface area (Å²) >= 11 is 1.44. The number of nitrogens with one attached hydrogen (secondary N) is 2. The lowest BCUT2D eigenvalue weighted by Gasteiger charge is -2.18. The number of thioether (sulfide) groups is 1. The molecule has 0 fully saturated rings. The van der Waals surface area contributed by atoms with Crippen molar-refractivity contribution in [2.45, 2.75) is 18.8 Å². The highest BCUT2D eigenvalue weighted by atomic mass is 32.2. The van der Waals surface area contributed by atoms with Crippen molar-refractivity contribution in [1.29, 1.82) is 0 Å². The molecule has 10 nitrogen and oxygen atoms in total. The first kappa shape index (κ1) is 30.4. The quantitative estimate of drug-likeness (QED) is 0.354. The van der Waals surface area contributed by atoms with Crippen LogP contribution >= 0.6 is 11.8 Å². The van der Waals surface area contributed by atoms with Crippen LogP contribution in [0.2, 0.25) is 0 Å². The van der Waals surface area contributed by atoms with Gasteiger partial charge < -0.3 is 34.3 Å². The normalized spacial score (nSPS) is 11.7. The minimum atomic E-state index is -4.84. The van der Waals surface area contributed by atoms with E-state index in [4.69, 9.17) is 18.9 Å². The number of amides is 2. The molecule has 0 saturated heterocycles. The largest absolute Gasteiger partial charge is 0.573 e. The van der Waals surface area contributed by atoms with E-state index in [1.807, 2.05) is 6.26 Å². The van der Waals surface area contributed by atoms with Crippen molar-refractivity contribution in [3.05, 3.63) is 42.0 Å². The molecule has 2 aromatic carbocycles. The van der Waals surface area contributed by atoms with Crippen LogP contribution < -0.4 is 29.6 Å². The van der Waals surface area contributed by atoms with Crippen LogP contribution in [0.3, 0.4) is 0 Å². The number of anilines is 1. The number of hydrogen-bond acceptors (Lipinski definition) is 9. The summed E-state index contributed by atoms with van der Waals surface area (Å²) in [6, 6.07) is 6.21. The summed E-state index contributed by atoms with van der Waals surface area (Å²) in [7, 11) is 4.21. The van der Waals surface area contributed by atoms with Crippen molar-refractivity contribution in [2.24, 2.45) is 0 Å². The van der Waals surface area contributed by atoms with Gasteiger partial charge in [0, 0.05) is 11.3 Å². The number of carbonyl (C=O) groups is 3. The second-order valence-corrected chi connectivity index (χ2v) is 8.44. The van der Waals surface area contributed by atoms with Crippen LogP contribution in [0.25, 0.3) is 0 Å². The minimum Gasteiger partial charge on any atom is -0.493 e. The maximum absolute atomic E-state index is 12.9.